The van der Waals surface area contributed by atoms with Crippen molar-refractivity contribution < 1.29 is 32.2 Å². The van der Waals surface area contributed by atoms with E-state index in [1.165, 1.54) is 25.4 Å². The van der Waals surface area contributed by atoms with Gasteiger partial charge < -0.3 is 19.4 Å². The zero-order valence-corrected chi connectivity index (χ0v) is 16.5. The van der Waals surface area contributed by atoms with Crippen molar-refractivity contribution in [3.8, 4) is 5.88 Å². The summed E-state index contributed by atoms with van der Waals surface area (Å²) in [7, 11) is 1.31. The molecule has 31 heavy (non-hydrogen) atoms. The van der Waals surface area contributed by atoms with E-state index in [2.05, 4.69) is 14.7 Å². The fourth-order valence-corrected chi connectivity index (χ4v) is 3.56. The van der Waals surface area contributed by atoms with Crippen LogP contribution in [0, 0.1) is 0 Å². The molecule has 7 nitrogen and oxygen atoms in total. The van der Waals surface area contributed by atoms with Crippen LogP contribution in [0.4, 0.5) is 13.2 Å². The number of alkyl halides is 3. The topological polar surface area (TPSA) is 84.5 Å². The first-order chi connectivity index (χ1) is 14.7. The van der Waals surface area contributed by atoms with Crippen LogP contribution in [0.25, 0.3) is 10.9 Å². The van der Waals surface area contributed by atoms with Crippen molar-refractivity contribution >= 4 is 22.8 Å². The van der Waals surface area contributed by atoms with Crippen LogP contribution >= 0.6 is 0 Å². The molecular weight excluding hydrogens is 415 g/mol. The summed E-state index contributed by atoms with van der Waals surface area (Å²) in [6, 6.07) is 7.84. The molecule has 3 heterocycles. The molecule has 1 aliphatic rings. The Morgan fingerprint density at radius 1 is 1.19 bits per heavy atom. The van der Waals surface area contributed by atoms with Gasteiger partial charge in [-0.2, -0.15) is 13.2 Å². The van der Waals surface area contributed by atoms with E-state index < -0.39 is 18.8 Å². The molecule has 162 valence electrons. The molecule has 10 heteroatoms. The van der Waals surface area contributed by atoms with Crippen molar-refractivity contribution in [2.45, 2.75) is 19.1 Å². The van der Waals surface area contributed by atoms with Gasteiger partial charge in [0.1, 0.15) is 0 Å². The molecule has 0 atom stereocenters. The number of nitrogens with zero attached hydrogens (tertiary/aromatic N) is 2. The molecule has 0 fully saturated rings. The average molecular weight is 433 g/mol. The number of nitrogens with one attached hydrogen (secondary N) is 1. The summed E-state index contributed by atoms with van der Waals surface area (Å²) in [5, 5.41) is 0.837. The highest BCUT2D eigenvalue weighted by molar-refractivity contribution is 5.97. The molecule has 3 aromatic rings. The summed E-state index contributed by atoms with van der Waals surface area (Å²) >= 11 is 0. The van der Waals surface area contributed by atoms with Gasteiger partial charge in [-0.1, -0.05) is 0 Å². The van der Waals surface area contributed by atoms with Crippen molar-refractivity contribution in [3.05, 3.63) is 58.9 Å². The number of halogens is 3. The molecule has 0 radical (unpaired) electrons. The highest BCUT2D eigenvalue weighted by atomic mass is 19.4. The number of rotatable bonds is 4. The van der Waals surface area contributed by atoms with Gasteiger partial charge in [-0.15, -0.1) is 0 Å². The number of fused-ring (bicyclic) bond motifs is 3. The molecule has 0 spiro atoms. The molecule has 4 rings (SSSR count). The van der Waals surface area contributed by atoms with Gasteiger partial charge in [0.25, 0.3) is 5.91 Å². The van der Waals surface area contributed by atoms with Crippen LogP contribution in [0.15, 0.2) is 36.5 Å². The Labute approximate surface area is 174 Å². The Bertz CT molecular complexity index is 1140. The maximum atomic E-state index is 12.9. The standard InChI is InChI=1S/C21H18F3N3O4/c1-30-20(29)12-2-4-16-14(8-12)15-10-27(7-6-17(15)26-16)19(28)13-3-5-18(25-9-13)31-11-21(22,23)24/h2-5,8-9,26H,6-7,10-11H2,1H3. The third-order valence-corrected chi connectivity index (χ3v) is 5.05. The van der Waals surface area contributed by atoms with E-state index in [9.17, 15) is 22.8 Å². The van der Waals surface area contributed by atoms with Gasteiger partial charge in [-0.3, -0.25) is 4.79 Å². The van der Waals surface area contributed by atoms with Gasteiger partial charge in [0.2, 0.25) is 5.88 Å². The van der Waals surface area contributed by atoms with Crippen LogP contribution in [0.2, 0.25) is 0 Å². The number of aromatic amines is 1. The minimum absolute atomic E-state index is 0.207. The lowest BCUT2D eigenvalue weighted by Crippen LogP contribution is -2.35. The highest BCUT2D eigenvalue weighted by Crippen LogP contribution is 2.29. The summed E-state index contributed by atoms with van der Waals surface area (Å²) < 4.78 is 46.1. The Balaban J connectivity index is 1.52. The van der Waals surface area contributed by atoms with Gasteiger partial charge in [0, 0.05) is 53.9 Å². The second-order valence-corrected chi connectivity index (χ2v) is 7.10. The lowest BCUT2D eigenvalue weighted by atomic mass is 10.0. The molecule has 1 N–H and O–H groups in total. The highest BCUT2D eigenvalue weighted by Gasteiger charge is 2.29. The first-order valence-electron chi connectivity index (χ1n) is 9.42. The fraction of sp³-hybridized carbons (Fsp3) is 0.286. The first kappa shape index (κ1) is 20.7. The summed E-state index contributed by atoms with van der Waals surface area (Å²) in [4.78, 5) is 33.5. The summed E-state index contributed by atoms with van der Waals surface area (Å²) in [6.45, 7) is -0.656. The van der Waals surface area contributed by atoms with Crippen molar-refractivity contribution in [1.82, 2.24) is 14.9 Å². The summed E-state index contributed by atoms with van der Waals surface area (Å²) in [5.41, 5.74) is 3.44. The Kier molecular flexibility index (Phi) is 5.30. The van der Waals surface area contributed by atoms with E-state index in [1.54, 1.807) is 23.1 Å². The number of carbonyl (C=O) groups excluding carboxylic acids is 2. The number of methoxy groups -OCH3 is 1. The predicted molar refractivity (Wildman–Crippen MR) is 104 cm³/mol. The molecule has 0 saturated carbocycles. The average Bonchev–Trinajstić information content (AvgIpc) is 3.13. The summed E-state index contributed by atoms with van der Waals surface area (Å²) in [6.07, 6.45) is -2.66. The van der Waals surface area contributed by atoms with Crippen molar-refractivity contribution in [2.24, 2.45) is 0 Å². The van der Waals surface area contributed by atoms with E-state index in [4.69, 9.17) is 4.74 Å². The monoisotopic (exact) mass is 433 g/mol. The fourth-order valence-electron chi connectivity index (χ4n) is 3.56. The Morgan fingerprint density at radius 3 is 2.65 bits per heavy atom. The lowest BCUT2D eigenvalue weighted by Gasteiger charge is -2.27. The SMILES string of the molecule is COC(=O)c1ccc2[nH]c3c(c2c1)CN(C(=O)c1ccc(OCC(F)(F)F)nc1)CC3. The van der Waals surface area contributed by atoms with E-state index in [0.717, 1.165) is 22.2 Å². The van der Waals surface area contributed by atoms with Gasteiger partial charge in [-0.05, 0) is 24.3 Å². The zero-order valence-electron chi connectivity index (χ0n) is 16.5. The Morgan fingerprint density at radius 2 is 1.97 bits per heavy atom. The number of hydrogen-bond acceptors (Lipinski definition) is 5. The molecule has 1 aromatic carbocycles. The van der Waals surface area contributed by atoms with Gasteiger partial charge in [-0.25, -0.2) is 9.78 Å². The van der Waals surface area contributed by atoms with Crippen LogP contribution in [-0.2, 0) is 17.7 Å². The molecule has 0 bridgehead atoms. The number of hydrogen-bond donors (Lipinski definition) is 1. The molecule has 0 saturated heterocycles. The van der Waals surface area contributed by atoms with Crippen LogP contribution in [0.5, 0.6) is 5.88 Å². The molecular formula is C21H18F3N3O4. The van der Waals surface area contributed by atoms with E-state index >= 15 is 0 Å². The predicted octanol–water partition coefficient (Wildman–Crippen LogP) is 3.49. The molecule has 0 aliphatic carbocycles. The van der Waals surface area contributed by atoms with Crippen LogP contribution in [0.1, 0.15) is 32.0 Å². The van der Waals surface area contributed by atoms with Crippen LogP contribution in [-0.4, -0.2) is 53.2 Å². The molecule has 1 amide bonds. The quantitative estimate of drug-likeness (QED) is 0.637. The van der Waals surface area contributed by atoms with Crippen molar-refractivity contribution in [3.63, 3.8) is 0 Å². The third kappa shape index (κ3) is 4.32. The number of pyridine rings is 1. The van der Waals surface area contributed by atoms with E-state index in [-0.39, 0.29) is 17.4 Å². The molecule has 1 aliphatic heterocycles. The lowest BCUT2D eigenvalue weighted by molar-refractivity contribution is -0.154. The maximum Gasteiger partial charge on any atom is 0.422 e. The van der Waals surface area contributed by atoms with Crippen LogP contribution < -0.4 is 4.74 Å². The molecule has 2 aromatic heterocycles. The van der Waals surface area contributed by atoms with Gasteiger partial charge in [0.15, 0.2) is 6.61 Å². The van der Waals surface area contributed by atoms with Crippen molar-refractivity contribution in [2.75, 3.05) is 20.3 Å². The minimum Gasteiger partial charge on any atom is -0.468 e. The van der Waals surface area contributed by atoms with Gasteiger partial charge >= 0.3 is 12.1 Å². The number of aromatic nitrogens is 2. The number of esters is 1. The summed E-state index contributed by atoms with van der Waals surface area (Å²) in [5.74, 6) is -0.944. The largest absolute Gasteiger partial charge is 0.468 e. The van der Waals surface area contributed by atoms with Crippen molar-refractivity contribution in [1.29, 1.82) is 0 Å². The third-order valence-electron chi connectivity index (χ3n) is 5.05. The number of ether oxygens (including phenoxy) is 2. The zero-order chi connectivity index (χ0) is 22.2. The van der Waals surface area contributed by atoms with Gasteiger partial charge in [0.05, 0.1) is 18.2 Å². The Hall–Kier alpha value is -3.56. The molecule has 0 unspecified atom stereocenters. The second-order valence-electron chi connectivity index (χ2n) is 7.10. The normalized spacial score (nSPS) is 13.7. The number of carbonyl (C=O) groups is 2. The number of amides is 1. The van der Waals surface area contributed by atoms with E-state index in [1.807, 2.05) is 0 Å². The minimum atomic E-state index is -4.46. The second kappa shape index (κ2) is 7.93. The first-order valence-corrected chi connectivity index (χ1v) is 9.42. The smallest absolute Gasteiger partial charge is 0.422 e. The number of H-pyrrole nitrogens is 1. The van der Waals surface area contributed by atoms with E-state index in [0.29, 0.717) is 25.1 Å². The maximum absolute atomic E-state index is 12.9. The number of benzene rings is 1. The van der Waals surface area contributed by atoms with Crippen LogP contribution in [0.3, 0.4) is 0 Å².